The maximum Gasteiger partial charge on any atom is 0.153 e. The zero-order valence-corrected chi connectivity index (χ0v) is 15.8. The van der Waals surface area contributed by atoms with Crippen molar-refractivity contribution in [2.75, 3.05) is 6.61 Å². The number of unbranched alkanes of at least 4 members (excludes halogenated alkanes) is 1. The summed E-state index contributed by atoms with van der Waals surface area (Å²) in [5.74, 6) is 0.709. The third-order valence-electron chi connectivity index (χ3n) is 5.07. The van der Waals surface area contributed by atoms with Crippen LogP contribution in [-0.4, -0.2) is 18.0 Å². The summed E-state index contributed by atoms with van der Waals surface area (Å²) in [6.45, 7) is 2.73. The van der Waals surface area contributed by atoms with Crippen LogP contribution in [0.5, 0.6) is 11.5 Å². The summed E-state index contributed by atoms with van der Waals surface area (Å²) < 4.78 is 6.12. The van der Waals surface area contributed by atoms with Crippen molar-refractivity contribution in [2.24, 2.45) is 0 Å². The quantitative estimate of drug-likeness (QED) is 0.317. The van der Waals surface area contributed by atoms with Crippen molar-refractivity contribution in [3.8, 4) is 22.6 Å². The van der Waals surface area contributed by atoms with Crippen molar-refractivity contribution >= 4 is 27.8 Å². The van der Waals surface area contributed by atoms with Gasteiger partial charge >= 0.3 is 0 Å². The molecule has 0 amide bonds. The van der Waals surface area contributed by atoms with Gasteiger partial charge in [-0.05, 0) is 40.1 Å². The number of benzene rings is 4. The Morgan fingerprint density at radius 3 is 2.29 bits per heavy atom. The molecule has 0 atom stereocenters. The van der Waals surface area contributed by atoms with E-state index in [9.17, 15) is 9.90 Å². The first-order valence-electron chi connectivity index (χ1n) is 9.59. The predicted octanol–water partition coefficient (Wildman–Crippen LogP) is 6.36. The highest BCUT2D eigenvalue weighted by Gasteiger charge is 2.20. The van der Waals surface area contributed by atoms with E-state index in [0.29, 0.717) is 18.5 Å². The SMILES string of the molecule is CCCCOc1ccc2ccccc2c1-c1c(O)c(C=O)cc2ccccc12. The fraction of sp³-hybridized carbons (Fsp3) is 0.160. The summed E-state index contributed by atoms with van der Waals surface area (Å²) in [6.07, 6.45) is 2.69. The Morgan fingerprint density at radius 1 is 0.893 bits per heavy atom. The number of aldehydes is 1. The molecule has 0 fully saturated rings. The molecule has 3 heteroatoms. The van der Waals surface area contributed by atoms with E-state index in [1.165, 1.54) is 0 Å². The Kier molecular flexibility index (Phi) is 4.98. The highest BCUT2D eigenvalue weighted by atomic mass is 16.5. The zero-order chi connectivity index (χ0) is 19.5. The molecule has 4 aromatic carbocycles. The van der Waals surface area contributed by atoms with E-state index in [1.807, 2.05) is 60.7 Å². The fourth-order valence-electron chi connectivity index (χ4n) is 3.66. The Balaban J connectivity index is 2.09. The number of hydrogen-bond donors (Lipinski definition) is 1. The highest BCUT2D eigenvalue weighted by molar-refractivity contribution is 6.11. The molecule has 1 N–H and O–H groups in total. The molecule has 4 rings (SSSR count). The topological polar surface area (TPSA) is 46.5 Å². The Bertz CT molecular complexity index is 1160. The van der Waals surface area contributed by atoms with E-state index in [1.54, 1.807) is 6.07 Å². The second-order valence-electron chi connectivity index (χ2n) is 6.89. The van der Waals surface area contributed by atoms with Crippen LogP contribution in [0.25, 0.3) is 32.7 Å². The van der Waals surface area contributed by atoms with Crippen LogP contribution in [0.3, 0.4) is 0 Å². The third kappa shape index (κ3) is 3.09. The van der Waals surface area contributed by atoms with E-state index in [4.69, 9.17) is 4.74 Å². The average molecular weight is 370 g/mol. The lowest BCUT2D eigenvalue weighted by atomic mass is 9.90. The lowest BCUT2D eigenvalue weighted by Crippen LogP contribution is -2.00. The van der Waals surface area contributed by atoms with Crippen molar-refractivity contribution in [1.82, 2.24) is 0 Å². The van der Waals surface area contributed by atoms with Gasteiger partial charge < -0.3 is 9.84 Å². The molecule has 0 heterocycles. The van der Waals surface area contributed by atoms with E-state index in [0.717, 1.165) is 45.7 Å². The molecule has 140 valence electrons. The summed E-state index contributed by atoms with van der Waals surface area (Å²) in [7, 11) is 0. The van der Waals surface area contributed by atoms with Crippen molar-refractivity contribution in [1.29, 1.82) is 0 Å². The van der Waals surface area contributed by atoms with Gasteiger partial charge in [-0.25, -0.2) is 0 Å². The van der Waals surface area contributed by atoms with Crippen LogP contribution in [-0.2, 0) is 0 Å². The molecule has 28 heavy (non-hydrogen) atoms. The number of carbonyl (C=O) groups is 1. The number of carbonyl (C=O) groups excluding carboxylic acids is 1. The van der Waals surface area contributed by atoms with E-state index < -0.39 is 0 Å². The molecule has 0 saturated heterocycles. The van der Waals surface area contributed by atoms with E-state index in [-0.39, 0.29) is 11.3 Å². The average Bonchev–Trinajstić information content (AvgIpc) is 2.74. The zero-order valence-electron chi connectivity index (χ0n) is 15.8. The molecule has 0 radical (unpaired) electrons. The maximum atomic E-state index is 11.6. The van der Waals surface area contributed by atoms with Gasteiger partial charge in [-0.15, -0.1) is 0 Å². The first kappa shape index (κ1) is 18.1. The number of fused-ring (bicyclic) bond motifs is 2. The number of rotatable bonds is 6. The Morgan fingerprint density at radius 2 is 1.57 bits per heavy atom. The van der Waals surface area contributed by atoms with Gasteiger partial charge in [-0.3, -0.25) is 4.79 Å². The molecule has 3 nitrogen and oxygen atoms in total. The summed E-state index contributed by atoms with van der Waals surface area (Å²) in [6, 6.07) is 21.5. The van der Waals surface area contributed by atoms with Crippen LogP contribution in [0.1, 0.15) is 30.1 Å². The first-order chi connectivity index (χ1) is 13.7. The van der Waals surface area contributed by atoms with Crippen LogP contribution in [0.4, 0.5) is 0 Å². The lowest BCUT2D eigenvalue weighted by molar-refractivity contribution is 0.112. The molecular weight excluding hydrogens is 348 g/mol. The fourth-order valence-corrected chi connectivity index (χ4v) is 3.66. The minimum Gasteiger partial charge on any atom is -0.507 e. The molecule has 0 aromatic heterocycles. The highest BCUT2D eigenvalue weighted by Crippen LogP contribution is 2.46. The van der Waals surface area contributed by atoms with Gasteiger partial charge in [0.05, 0.1) is 12.2 Å². The molecule has 0 aliphatic carbocycles. The maximum absolute atomic E-state index is 11.6. The van der Waals surface area contributed by atoms with Gasteiger partial charge in [-0.1, -0.05) is 67.9 Å². The molecular formula is C25H22O3. The molecule has 0 spiro atoms. The van der Waals surface area contributed by atoms with E-state index >= 15 is 0 Å². The summed E-state index contributed by atoms with van der Waals surface area (Å²) >= 11 is 0. The minimum absolute atomic E-state index is 0.00889. The van der Waals surface area contributed by atoms with Crippen LogP contribution >= 0.6 is 0 Å². The summed E-state index contributed by atoms with van der Waals surface area (Å²) in [4.78, 5) is 11.6. The van der Waals surface area contributed by atoms with E-state index in [2.05, 4.69) is 6.92 Å². The minimum atomic E-state index is -0.00889. The number of ether oxygens (including phenoxy) is 1. The monoisotopic (exact) mass is 370 g/mol. The van der Waals surface area contributed by atoms with Gasteiger partial charge in [0.2, 0.25) is 0 Å². The second kappa shape index (κ2) is 7.73. The van der Waals surface area contributed by atoms with Gasteiger partial charge in [0.15, 0.2) is 6.29 Å². The standard InChI is InChI=1S/C25H22O3/c1-2-3-14-28-22-13-12-17-8-4-6-10-20(17)23(22)24-21-11-7-5-9-18(21)15-19(16-26)25(24)27/h4-13,15-16,27H,2-3,14H2,1H3. The molecule has 0 unspecified atom stereocenters. The van der Waals surface area contributed by atoms with Crippen LogP contribution < -0.4 is 4.74 Å². The Labute approximate surface area is 164 Å². The number of phenols is 1. The number of aromatic hydroxyl groups is 1. The predicted molar refractivity (Wildman–Crippen MR) is 114 cm³/mol. The lowest BCUT2D eigenvalue weighted by Gasteiger charge is -2.18. The number of hydrogen-bond acceptors (Lipinski definition) is 3. The summed E-state index contributed by atoms with van der Waals surface area (Å²) in [5, 5.41) is 14.8. The molecule has 0 aliphatic heterocycles. The van der Waals surface area contributed by atoms with Crippen molar-refractivity contribution in [3.63, 3.8) is 0 Å². The molecule has 0 saturated carbocycles. The molecule has 4 aromatic rings. The van der Waals surface area contributed by atoms with Gasteiger partial charge in [0.25, 0.3) is 0 Å². The van der Waals surface area contributed by atoms with Gasteiger partial charge in [0, 0.05) is 11.1 Å². The second-order valence-corrected chi connectivity index (χ2v) is 6.89. The van der Waals surface area contributed by atoms with Crippen LogP contribution in [0.2, 0.25) is 0 Å². The summed E-state index contributed by atoms with van der Waals surface area (Å²) in [5.41, 5.74) is 1.75. The molecule has 0 bridgehead atoms. The van der Waals surface area contributed by atoms with Crippen molar-refractivity contribution < 1.29 is 14.6 Å². The van der Waals surface area contributed by atoms with Crippen LogP contribution in [0, 0.1) is 0 Å². The molecule has 0 aliphatic rings. The number of phenolic OH excluding ortho intramolecular Hbond substituents is 1. The third-order valence-corrected chi connectivity index (χ3v) is 5.07. The first-order valence-corrected chi connectivity index (χ1v) is 9.59. The largest absolute Gasteiger partial charge is 0.507 e. The normalized spacial score (nSPS) is 11.0. The van der Waals surface area contributed by atoms with Gasteiger partial charge in [-0.2, -0.15) is 0 Å². The van der Waals surface area contributed by atoms with Crippen molar-refractivity contribution in [2.45, 2.75) is 19.8 Å². The van der Waals surface area contributed by atoms with Gasteiger partial charge in [0.1, 0.15) is 11.5 Å². The van der Waals surface area contributed by atoms with Crippen LogP contribution in [0.15, 0.2) is 66.7 Å². The van der Waals surface area contributed by atoms with Crippen molar-refractivity contribution in [3.05, 3.63) is 72.3 Å². The Hall–Kier alpha value is -3.33. The smallest absolute Gasteiger partial charge is 0.153 e.